The minimum Gasteiger partial charge on any atom is -0.354 e. The second kappa shape index (κ2) is 7.79. The highest BCUT2D eigenvalue weighted by Crippen LogP contribution is 2.17. The van der Waals surface area contributed by atoms with Gasteiger partial charge in [0.2, 0.25) is 10.0 Å². The van der Waals surface area contributed by atoms with Gasteiger partial charge in [-0.2, -0.15) is 0 Å². The fourth-order valence-electron chi connectivity index (χ4n) is 2.02. The van der Waals surface area contributed by atoms with Crippen LogP contribution in [0.25, 0.3) is 0 Å². The van der Waals surface area contributed by atoms with Crippen LogP contribution in [0.15, 0.2) is 34.2 Å². The Morgan fingerprint density at radius 1 is 1.22 bits per heavy atom. The van der Waals surface area contributed by atoms with Crippen LogP contribution >= 0.6 is 0 Å². The molecule has 0 radical (unpaired) electrons. The Bertz CT molecular complexity index is 646. The molecular formula is C16H28N4O2S. The van der Waals surface area contributed by atoms with Gasteiger partial charge < -0.3 is 10.6 Å². The van der Waals surface area contributed by atoms with E-state index < -0.39 is 15.6 Å². The second-order valence-electron chi connectivity index (χ2n) is 6.69. The van der Waals surface area contributed by atoms with E-state index in [4.69, 9.17) is 0 Å². The number of hydrogen-bond donors (Lipinski definition) is 3. The van der Waals surface area contributed by atoms with Crippen molar-refractivity contribution >= 4 is 16.0 Å². The zero-order valence-corrected chi connectivity index (χ0v) is 15.6. The van der Waals surface area contributed by atoms with Gasteiger partial charge in [-0.25, -0.2) is 13.1 Å². The molecule has 0 aliphatic heterocycles. The summed E-state index contributed by atoms with van der Waals surface area (Å²) in [7, 11) is -1.89. The van der Waals surface area contributed by atoms with Crippen LogP contribution in [-0.4, -0.2) is 33.0 Å². The van der Waals surface area contributed by atoms with E-state index in [1.807, 2.05) is 40.7 Å². The molecule has 0 saturated carbocycles. The molecule has 0 fully saturated rings. The molecule has 0 amide bonds. The first-order valence-corrected chi connectivity index (χ1v) is 9.12. The van der Waals surface area contributed by atoms with Crippen LogP contribution in [0, 0.1) is 0 Å². The largest absolute Gasteiger partial charge is 0.354 e. The molecule has 6 nitrogen and oxygen atoms in total. The number of hydrogen-bond acceptors (Lipinski definition) is 3. The predicted octanol–water partition coefficient (Wildman–Crippen LogP) is 1.84. The molecule has 1 aromatic carbocycles. The van der Waals surface area contributed by atoms with Gasteiger partial charge in [0.1, 0.15) is 0 Å². The van der Waals surface area contributed by atoms with E-state index in [0.717, 1.165) is 0 Å². The fraction of sp³-hybridized carbons (Fsp3) is 0.562. The molecule has 130 valence electrons. The lowest BCUT2D eigenvalue weighted by Crippen LogP contribution is -2.42. The van der Waals surface area contributed by atoms with E-state index in [1.54, 1.807) is 25.2 Å². The van der Waals surface area contributed by atoms with Crippen LogP contribution in [0.5, 0.6) is 0 Å². The molecule has 0 heterocycles. The van der Waals surface area contributed by atoms with Crippen molar-refractivity contribution in [1.29, 1.82) is 0 Å². The van der Waals surface area contributed by atoms with Gasteiger partial charge in [-0.1, -0.05) is 18.2 Å². The average Bonchev–Trinajstić information content (AvgIpc) is 2.40. The number of nitrogens with one attached hydrogen (secondary N) is 3. The van der Waals surface area contributed by atoms with Crippen LogP contribution in [0.2, 0.25) is 0 Å². The van der Waals surface area contributed by atoms with Crippen molar-refractivity contribution in [2.45, 2.75) is 57.6 Å². The molecule has 0 saturated heterocycles. The number of guanidine groups is 1. The molecule has 1 rings (SSSR count). The fourth-order valence-corrected chi connectivity index (χ4v) is 3.68. The highest BCUT2D eigenvalue weighted by Gasteiger charge is 2.24. The third-order valence-corrected chi connectivity index (χ3v) is 4.66. The van der Waals surface area contributed by atoms with Crippen LogP contribution in [0.4, 0.5) is 0 Å². The van der Waals surface area contributed by atoms with Crippen LogP contribution < -0.4 is 15.4 Å². The number of aliphatic imine (C=N–C) groups is 1. The zero-order chi connectivity index (χ0) is 17.7. The Labute approximate surface area is 139 Å². The van der Waals surface area contributed by atoms with Gasteiger partial charge in [0.15, 0.2) is 5.96 Å². The van der Waals surface area contributed by atoms with E-state index in [1.165, 1.54) is 0 Å². The van der Waals surface area contributed by atoms with Gasteiger partial charge in [-0.15, -0.1) is 0 Å². The first-order valence-electron chi connectivity index (χ1n) is 7.64. The lowest BCUT2D eigenvalue weighted by atomic mass is 10.1. The molecule has 0 aliphatic carbocycles. The van der Waals surface area contributed by atoms with Crippen molar-refractivity contribution in [2.24, 2.45) is 4.99 Å². The van der Waals surface area contributed by atoms with E-state index >= 15 is 0 Å². The SMILES string of the molecule is CN=C(NCc1ccccc1S(=O)(=O)NC(C)(C)C)NC(C)C. The van der Waals surface area contributed by atoms with Crippen molar-refractivity contribution in [3.63, 3.8) is 0 Å². The maximum atomic E-state index is 12.6. The highest BCUT2D eigenvalue weighted by atomic mass is 32.2. The summed E-state index contributed by atoms with van der Waals surface area (Å²) >= 11 is 0. The Hall–Kier alpha value is -1.60. The number of rotatable bonds is 5. The standard InChI is InChI=1S/C16H28N4O2S/c1-12(2)19-15(17-6)18-11-13-9-7-8-10-14(13)23(21,22)20-16(3,4)5/h7-10,12,20H,11H2,1-6H3,(H2,17,18,19). The third-order valence-electron chi connectivity index (χ3n) is 2.80. The summed E-state index contributed by atoms with van der Waals surface area (Å²) in [5.74, 6) is 0.635. The van der Waals surface area contributed by atoms with Crippen LogP contribution in [0.3, 0.4) is 0 Å². The van der Waals surface area contributed by atoms with Crippen molar-refractivity contribution in [2.75, 3.05) is 7.05 Å². The average molecular weight is 340 g/mol. The monoisotopic (exact) mass is 340 g/mol. The Morgan fingerprint density at radius 2 is 1.83 bits per heavy atom. The van der Waals surface area contributed by atoms with Crippen molar-refractivity contribution in [3.05, 3.63) is 29.8 Å². The van der Waals surface area contributed by atoms with Crippen molar-refractivity contribution in [3.8, 4) is 0 Å². The lowest BCUT2D eigenvalue weighted by Gasteiger charge is -2.22. The minimum atomic E-state index is -3.58. The quantitative estimate of drug-likeness (QED) is 0.564. The maximum absolute atomic E-state index is 12.6. The highest BCUT2D eigenvalue weighted by molar-refractivity contribution is 7.89. The van der Waals surface area contributed by atoms with Gasteiger partial charge in [0.05, 0.1) is 4.90 Å². The van der Waals surface area contributed by atoms with Crippen LogP contribution in [0.1, 0.15) is 40.2 Å². The van der Waals surface area contributed by atoms with Crippen LogP contribution in [-0.2, 0) is 16.6 Å². The summed E-state index contributed by atoms with van der Waals surface area (Å²) < 4.78 is 27.8. The Kier molecular flexibility index (Phi) is 6.58. The molecule has 0 bridgehead atoms. The molecule has 7 heteroatoms. The smallest absolute Gasteiger partial charge is 0.241 e. The molecule has 1 aromatic rings. The number of nitrogens with zero attached hydrogens (tertiary/aromatic N) is 1. The third kappa shape index (κ3) is 6.58. The summed E-state index contributed by atoms with van der Waals surface area (Å²) in [6.45, 7) is 9.85. The molecule has 23 heavy (non-hydrogen) atoms. The second-order valence-corrected chi connectivity index (χ2v) is 8.34. The lowest BCUT2D eigenvalue weighted by molar-refractivity contribution is 0.491. The zero-order valence-electron chi connectivity index (χ0n) is 14.8. The van der Waals surface area contributed by atoms with E-state index in [0.29, 0.717) is 18.1 Å². The van der Waals surface area contributed by atoms with Crippen molar-refractivity contribution < 1.29 is 8.42 Å². The molecular weight excluding hydrogens is 312 g/mol. The van der Waals surface area contributed by atoms with E-state index in [9.17, 15) is 8.42 Å². The van der Waals surface area contributed by atoms with Gasteiger partial charge in [-0.05, 0) is 46.2 Å². The topological polar surface area (TPSA) is 82.6 Å². The Morgan fingerprint density at radius 3 is 2.35 bits per heavy atom. The molecule has 0 aromatic heterocycles. The summed E-state index contributed by atoms with van der Waals surface area (Å²) in [6, 6.07) is 7.20. The molecule has 0 spiro atoms. The van der Waals surface area contributed by atoms with E-state index in [-0.39, 0.29) is 10.9 Å². The first kappa shape index (κ1) is 19.4. The summed E-state index contributed by atoms with van der Waals surface area (Å²) in [5.41, 5.74) is 0.158. The van der Waals surface area contributed by atoms with Gasteiger partial charge >= 0.3 is 0 Å². The molecule has 3 N–H and O–H groups in total. The van der Waals surface area contributed by atoms with E-state index in [2.05, 4.69) is 20.3 Å². The van der Waals surface area contributed by atoms with Gasteiger partial charge in [0.25, 0.3) is 0 Å². The summed E-state index contributed by atoms with van der Waals surface area (Å²) in [5, 5.41) is 6.31. The summed E-state index contributed by atoms with van der Waals surface area (Å²) in [4.78, 5) is 4.40. The molecule has 0 unspecified atom stereocenters. The summed E-state index contributed by atoms with van der Waals surface area (Å²) in [6.07, 6.45) is 0. The maximum Gasteiger partial charge on any atom is 0.241 e. The number of sulfonamides is 1. The first-order chi connectivity index (χ1) is 10.5. The van der Waals surface area contributed by atoms with Crippen molar-refractivity contribution in [1.82, 2.24) is 15.4 Å². The number of benzene rings is 1. The normalized spacial score (nSPS) is 13.3. The molecule has 0 atom stereocenters. The van der Waals surface area contributed by atoms with Gasteiger partial charge in [0, 0.05) is 25.2 Å². The molecule has 0 aliphatic rings. The van der Waals surface area contributed by atoms with Gasteiger partial charge in [-0.3, -0.25) is 4.99 Å². The minimum absolute atomic E-state index is 0.239. The predicted molar refractivity (Wildman–Crippen MR) is 95.0 cm³/mol. The Balaban J connectivity index is 2.98.